The van der Waals surface area contributed by atoms with Gasteiger partial charge in [0, 0.05) is 40.5 Å². The molecule has 0 spiro atoms. The van der Waals surface area contributed by atoms with Crippen molar-refractivity contribution in [2.24, 2.45) is 0 Å². The maximum atomic E-state index is 12.5. The van der Waals surface area contributed by atoms with E-state index in [2.05, 4.69) is 47.7 Å². The van der Waals surface area contributed by atoms with Gasteiger partial charge in [-0.2, -0.15) is 0 Å². The topological polar surface area (TPSA) is 85.6 Å². The van der Waals surface area contributed by atoms with Gasteiger partial charge in [0.1, 0.15) is 5.82 Å². The molecule has 1 amide bonds. The van der Waals surface area contributed by atoms with Gasteiger partial charge in [-0.3, -0.25) is 9.78 Å². The van der Waals surface area contributed by atoms with Crippen molar-refractivity contribution in [1.29, 1.82) is 0 Å². The molecule has 0 fully saturated rings. The number of anilines is 1. The number of nitrogens with zero attached hydrogens (tertiary/aromatic N) is 5. The van der Waals surface area contributed by atoms with Crippen LogP contribution in [0.2, 0.25) is 0 Å². The first-order valence-corrected chi connectivity index (χ1v) is 11.6. The van der Waals surface area contributed by atoms with Crippen molar-refractivity contribution in [2.75, 3.05) is 5.32 Å². The number of aromatic nitrogens is 5. The SMILES string of the molecule is CCn1c(CSc2nc(C)cc(C)n2)nc2cc(NC(=O)c3cncc(Br)c3)ccc21. The van der Waals surface area contributed by atoms with Crippen molar-refractivity contribution in [3.63, 3.8) is 0 Å². The fourth-order valence-corrected chi connectivity index (χ4v) is 4.61. The maximum absolute atomic E-state index is 12.5. The molecule has 0 radical (unpaired) electrons. The molecule has 3 aromatic heterocycles. The molecule has 4 aromatic rings. The lowest BCUT2D eigenvalue weighted by Crippen LogP contribution is -2.12. The van der Waals surface area contributed by atoms with Gasteiger partial charge in [0.25, 0.3) is 5.91 Å². The normalized spacial score (nSPS) is 11.1. The number of nitrogens with one attached hydrogen (secondary N) is 1. The van der Waals surface area contributed by atoms with Gasteiger partial charge in [-0.25, -0.2) is 15.0 Å². The highest BCUT2D eigenvalue weighted by molar-refractivity contribution is 9.10. The zero-order valence-corrected chi connectivity index (χ0v) is 19.8. The second-order valence-electron chi connectivity index (χ2n) is 7.04. The number of pyridine rings is 1. The summed E-state index contributed by atoms with van der Waals surface area (Å²) < 4.78 is 2.93. The van der Waals surface area contributed by atoms with E-state index in [1.54, 1.807) is 24.0 Å². The third-order valence-electron chi connectivity index (χ3n) is 4.66. The molecular weight excluding hydrogens is 476 g/mol. The molecule has 0 aliphatic carbocycles. The predicted octanol–water partition coefficient (Wildman–Crippen LogP) is 5.17. The van der Waals surface area contributed by atoms with Crippen LogP contribution in [0.3, 0.4) is 0 Å². The van der Waals surface area contributed by atoms with E-state index in [1.165, 1.54) is 6.20 Å². The number of imidazole rings is 1. The highest BCUT2D eigenvalue weighted by Gasteiger charge is 2.13. The number of thioether (sulfide) groups is 1. The Hall–Kier alpha value is -2.78. The van der Waals surface area contributed by atoms with Crippen LogP contribution in [0.5, 0.6) is 0 Å². The number of carbonyl (C=O) groups is 1. The smallest absolute Gasteiger partial charge is 0.257 e. The Morgan fingerprint density at radius 3 is 2.58 bits per heavy atom. The Morgan fingerprint density at radius 1 is 1.10 bits per heavy atom. The molecule has 1 N–H and O–H groups in total. The molecular formula is C22H21BrN6OS. The van der Waals surface area contributed by atoms with Gasteiger partial charge in [0.2, 0.25) is 0 Å². The van der Waals surface area contributed by atoms with Crippen LogP contribution >= 0.6 is 27.7 Å². The molecule has 3 heterocycles. The Kier molecular flexibility index (Phi) is 6.33. The van der Waals surface area contributed by atoms with E-state index < -0.39 is 0 Å². The Balaban J connectivity index is 1.56. The number of hydrogen-bond donors (Lipinski definition) is 1. The van der Waals surface area contributed by atoms with Crippen molar-refractivity contribution in [3.05, 3.63) is 70.0 Å². The van der Waals surface area contributed by atoms with E-state index in [1.807, 2.05) is 38.1 Å². The monoisotopic (exact) mass is 496 g/mol. The molecule has 0 bridgehead atoms. The average molecular weight is 497 g/mol. The first-order valence-electron chi connectivity index (χ1n) is 9.79. The van der Waals surface area contributed by atoms with Crippen molar-refractivity contribution in [2.45, 2.75) is 38.2 Å². The lowest BCUT2D eigenvalue weighted by atomic mass is 10.2. The van der Waals surface area contributed by atoms with Gasteiger partial charge in [0.05, 0.1) is 22.3 Å². The maximum Gasteiger partial charge on any atom is 0.257 e. The van der Waals surface area contributed by atoms with Gasteiger partial charge in [0.15, 0.2) is 5.16 Å². The van der Waals surface area contributed by atoms with Crippen LogP contribution < -0.4 is 5.32 Å². The summed E-state index contributed by atoms with van der Waals surface area (Å²) >= 11 is 4.91. The summed E-state index contributed by atoms with van der Waals surface area (Å²) in [5.74, 6) is 1.40. The minimum Gasteiger partial charge on any atom is -0.328 e. The van der Waals surface area contributed by atoms with Gasteiger partial charge >= 0.3 is 0 Å². The summed E-state index contributed by atoms with van der Waals surface area (Å²) in [5, 5.41) is 3.67. The molecule has 158 valence electrons. The first kappa shape index (κ1) is 21.5. The predicted molar refractivity (Wildman–Crippen MR) is 126 cm³/mol. The summed E-state index contributed by atoms with van der Waals surface area (Å²) in [6, 6.07) is 9.47. The third kappa shape index (κ3) is 4.94. The second-order valence-corrected chi connectivity index (χ2v) is 8.90. The standard InChI is InChI=1S/C22H21BrN6OS/c1-4-29-19-6-5-17(27-21(30)15-8-16(23)11-24-10-15)9-18(19)28-20(29)12-31-22-25-13(2)7-14(3)26-22/h5-11H,4,12H2,1-3H3,(H,27,30). The molecule has 0 aliphatic heterocycles. The van der Waals surface area contributed by atoms with Crippen LogP contribution in [0.1, 0.15) is 34.5 Å². The van der Waals surface area contributed by atoms with E-state index in [9.17, 15) is 4.79 Å². The highest BCUT2D eigenvalue weighted by atomic mass is 79.9. The molecule has 0 saturated carbocycles. The molecule has 1 aromatic carbocycles. The van der Waals surface area contributed by atoms with Crippen molar-refractivity contribution in [3.8, 4) is 0 Å². The number of halogens is 1. The van der Waals surface area contributed by atoms with Gasteiger partial charge in [-0.1, -0.05) is 11.8 Å². The number of hydrogen-bond acceptors (Lipinski definition) is 6. The van der Waals surface area contributed by atoms with Crippen LogP contribution in [0.25, 0.3) is 11.0 Å². The van der Waals surface area contributed by atoms with Crippen molar-refractivity contribution >= 4 is 50.3 Å². The number of carbonyl (C=O) groups excluding carboxylic acids is 1. The van der Waals surface area contributed by atoms with Gasteiger partial charge < -0.3 is 9.88 Å². The minimum absolute atomic E-state index is 0.217. The van der Waals surface area contributed by atoms with E-state index in [4.69, 9.17) is 4.98 Å². The second kappa shape index (κ2) is 9.15. The molecule has 0 atom stereocenters. The molecule has 9 heteroatoms. The molecule has 31 heavy (non-hydrogen) atoms. The Labute approximate surface area is 192 Å². The van der Waals surface area contributed by atoms with E-state index >= 15 is 0 Å². The van der Waals surface area contributed by atoms with Crippen LogP contribution in [0.4, 0.5) is 5.69 Å². The van der Waals surface area contributed by atoms with Crippen LogP contribution in [0, 0.1) is 13.8 Å². The molecule has 0 saturated heterocycles. The first-order chi connectivity index (χ1) is 14.9. The number of rotatable bonds is 6. The molecule has 0 unspecified atom stereocenters. The van der Waals surface area contributed by atoms with Gasteiger partial charge in [-0.05, 0) is 67.0 Å². The van der Waals surface area contributed by atoms with E-state index in [0.717, 1.165) is 44.4 Å². The number of benzene rings is 1. The third-order valence-corrected chi connectivity index (χ3v) is 5.94. The van der Waals surface area contributed by atoms with Crippen LogP contribution in [-0.2, 0) is 12.3 Å². The lowest BCUT2D eigenvalue weighted by molar-refractivity contribution is 0.102. The fraction of sp³-hybridized carbons (Fsp3) is 0.227. The zero-order chi connectivity index (χ0) is 22.0. The number of aryl methyl sites for hydroxylation is 3. The largest absolute Gasteiger partial charge is 0.328 e. The number of amides is 1. The summed E-state index contributed by atoms with van der Waals surface area (Å²) in [7, 11) is 0. The Morgan fingerprint density at radius 2 is 1.87 bits per heavy atom. The average Bonchev–Trinajstić information content (AvgIpc) is 3.08. The summed E-state index contributed by atoms with van der Waals surface area (Å²) in [4.78, 5) is 30.4. The Bertz CT molecular complexity index is 1250. The molecule has 7 nitrogen and oxygen atoms in total. The zero-order valence-electron chi connectivity index (χ0n) is 17.4. The highest BCUT2D eigenvalue weighted by Crippen LogP contribution is 2.25. The van der Waals surface area contributed by atoms with Crippen molar-refractivity contribution < 1.29 is 4.79 Å². The molecule has 0 aliphatic rings. The lowest BCUT2D eigenvalue weighted by Gasteiger charge is -2.07. The summed E-state index contributed by atoms with van der Waals surface area (Å²) in [6.45, 7) is 6.84. The van der Waals surface area contributed by atoms with E-state index in [0.29, 0.717) is 17.0 Å². The molecule has 4 rings (SSSR count). The summed E-state index contributed by atoms with van der Waals surface area (Å²) in [5.41, 5.74) is 4.96. The van der Waals surface area contributed by atoms with Crippen LogP contribution in [-0.4, -0.2) is 30.4 Å². The van der Waals surface area contributed by atoms with Crippen molar-refractivity contribution in [1.82, 2.24) is 24.5 Å². The quantitative estimate of drug-likeness (QED) is 0.293. The van der Waals surface area contributed by atoms with Gasteiger partial charge in [-0.15, -0.1) is 0 Å². The number of fused-ring (bicyclic) bond motifs is 1. The van der Waals surface area contributed by atoms with Crippen LogP contribution in [0.15, 0.2) is 52.4 Å². The summed E-state index contributed by atoms with van der Waals surface area (Å²) in [6.07, 6.45) is 3.18. The minimum atomic E-state index is -0.217. The van der Waals surface area contributed by atoms with E-state index in [-0.39, 0.29) is 5.91 Å². The fourth-order valence-electron chi connectivity index (χ4n) is 3.35.